The average molecular weight is 245 g/mol. The number of carbonyl (C=O) groups excluding carboxylic acids is 2. The lowest BCUT2D eigenvalue weighted by atomic mass is 10.1. The first-order valence-electron chi connectivity index (χ1n) is 5.78. The van der Waals surface area contributed by atoms with Gasteiger partial charge in [-0.25, -0.2) is 4.79 Å². The van der Waals surface area contributed by atoms with E-state index in [0.29, 0.717) is 12.1 Å². The van der Waals surface area contributed by atoms with Gasteiger partial charge in [0.05, 0.1) is 12.7 Å². The molecule has 1 aromatic heterocycles. The van der Waals surface area contributed by atoms with Crippen LogP contribution in [0.1, 0.15) is 17.3 Å². The maximum absolute atomic E-state index is 11.5. The minimum Gasteiger partial charge on any atom is -0.465 e. The van der Waals surface area contributed by atoms with Gasteiger partial charge in [0.15, 0.2) is 0 Å². The minimum absolute atomic E-state index is 0.0533. The van der Waals surface area contributed by atoms with Crippen molar-refractivity contribution in [2.24, 2.45) is 5.92 Å². The first-order chi connectivity index (χ1) is 8.65. The number of ether oxygens (including phenoxy) is 1. The van der Waals surface area contributed by atoms with E-state index in [9.17, 15) is 9.59 Å². The van der Waals surface area contributed by atoms with Crippen LogP contribution in [0.2, 0.25) is 0 Å². The summed E-state index contributed by atoms with van der Waals surface area (Å²) in [4.78, 5) is 22.2. The van der Waals surface area contributed by atoms with Gasteiger partial charge in [0, 0.05) is 24.2 Å². The van der Waals surface area contributed by atoms with Crippen LogP contribution in [0.5, 0.6) is 0 Å². The zero-order valence-electron chi connectivity index (χ0n) is 10.4. The summed E-state index contributed by atoms with van der Waals surface area (Å²) < 4.78 is 6.67. The van der Waals surface area contributed by atoms with E-state index in [2.05, 4.69) is 0 Å². The fourth-order valence-corrected chi connectivity index (χ4v) is 1.94. The molecule has 0 saturated heterocycles. The number of methoxy groups -OCH3 is 1. The summed E-state index contributed by atoms with van der Waals surface area (Å²) in [5.41, 5.74) is 1.45. The highest BCUT2D eigenvalue weighted by Crippen LogP contribution is 2.19. The Balaban J connectivity index is 2.43. The van der Waals surface area contributed by atoms with Crippen LogP contribution in [-0.2, 0) is 16.1 Å². The Labute approximate surface area is 105 Å². The van der Waals surface area contributed by atoms with Gasteiger partial charge < -0.3 is 14.1 Å². The molecule has 0 fully saturated rings. The molecular formula is C14H15NO3. The van der Waals surface area contributed by atoms with E-state index >= 15 is 0 Å². The van der Waals surface area contributed by atoms with Crippen LogP contribution in [0.25, 0.3) is 10.9 Å². The summed E-state index contributed by atoms with van der Waals surface area (Å²) in [6.07, 6.45) is 2.85. The van der Waals surface area contributed by atoms with Gasteiger partial charge >= 0.3 is 5.97 Å². The first-order valence-corrected chi connectivity index (χ1v) is 5.78. The molecule has 0 spiro atoms. The average Bonchev–Trinajstić information content (AvgIpc) is 2.80. The molecule has 18 heavy (non-hydrogen) atoms. The largest absolute Gasteiger partial charge is 0.465 e. The molecule has 0 aliphatic heterocycles. The van der Waals surface area contributed by atoms with Gasteiger partial charge in [-0.2, -0.15) is 0 Å². The maximum atomic E-state index is 11.5. The molecule has 4 nitrogen and oxygen atoms in total. The topological polar surface area (TPSA) is 48.3 Å². The molecule has 0 bridgehead atoms. The molecule has 0 saturated carbocycles. The minimum atomic E-state index is -0.354. The van der Waals surface area contributed by atoms with E-state index in [4.69, 9.17) is 4.74 Å². The Morgan fingerprint density at radius 3 is 2.89 bits per heavy atom. The molecule has 1 unspecified atom stereocenters. The van der Waals surface area contributed by atoms with Crippen molar-refractivity contribution >= 4 is 23.2 Å². The van der Waals surface area contributed by atoms with Crippen LogP contribution in [0.4, 0.5) is 0 Å². The second-order valence-electron chi connectivity index (χ2n) is 4.35. The van der Waals surface area contributed by atoms with E-state index in [-0.39, 0.29) is 11.9 Å². The molecule has 0 N–H and O–H groups in total. The molecule has 0 amide bonds. The van der Waals surface area contributed by atoms with Crippen molar-refractivity contribution in [1.29, 1.82) is 0 Å². The Morgan fingerprint density at radius 1 is 1.44 bits per heavy atom. The van der Waals surface area contributed by atoms with Crippen LogP contribution in [0.3, 0.4) is 0 Å². The summed E-state index contributed by atoms with van der Waals surface area (Å²) in [6, 6.07) is 7.37. The first kappa shape index (κ1) is 12.4. The predicted octanol–water partition coefficient (Wildman–Crippen LogP) is 2.26. The lowest BCUT2D eigenvalue weighted by molar-refractivity contribution is -0.110. The van der Waals surface area contributed by atoms with Crippen molar-refractivity contribution in [2.45, 2.75) is 13.5 Å². The summed E-state index contributed by atoms with van der Waals surface area (Å²) in [5, 5.41) is 1.04. The zero-order valence-corrected chi connectivity index (χ0v) is 10.4. The summed E-state index contributed by atoms with van der Waals surface area (Å²) in [7, 11) is 1.36. The van der Waals surface area contributed by atoms with E-state index in [0.717, 1.165) is 17.2 Å². The Hall–Kier alpha value is -2.10. The smallest absolute Gasteiger partial charge is 0.337 e. The monoisotopic (exact) mass is 245 g/mol. The highest BCUT2D eigenvalue weighted by atomic mass is 16.5. The van der Waals surface area contributed by atoms with Crippen molar-refractivity contribution in [1.82, 2.24) is 4.57 Å². The number of rotatable bonds is 4. The lowest BCUT2D eigenvalue weighted by Crippen LogP contribution is -2.08. The number of carbonyl (C=O) groups is 2. The molecule has 1 aromatic carbocycles. The van der Waals surface area contributed by atoms with Crippen LogP contribution >= 0.6 is 0 Å². The Kier molecular flexibility index (Phi) is 3.46. The number of benzene rings is 1. The SMILES string of the molecule is COC(=O)c1ccc2ccn(CC(C)C=O)c2c1. The predicted molar refractivity (Wildman–Crippen MR) is 68.5 cm³/mol. The summed E-state index contributed by atoms with van der Waals surface area (Å²) in [5.74, 6) is -0.407. The van der Waals surface area contributed by atoms with Crippen molar-refractivity contribution in [3.8, 4) is 0 Å². The standard InChI is InChI=1S/C14H15NO3/c1-10(9-16)8-15-6-5-11-3-4-12(7-13(11)15)14(17)18-2/h3-7,9-10H,8H2,1-2H3. The molecule has 0 radical (unpaired) electrons. The van der Waals surface area contributed by atoms with Gasteiger partial charge in [0.1, 0.15) is 6.29 Å². The lowest BCUT2D eigenvalue weighted by Gasteiger charge is -2.08. The molecule has 1 atom stereocenters. The van der Waals surface area contributed by atoms with E-state index < -0.39 is 0 Å². The number of esters is 1. The van der Waals surface area contributed by atoms with Crippen LogP contribution < -0.4 is 0 Å². The fourth-order valence-electron chi connectivity index (χ4n) is 1.94. The number of hydrogen-bond donors (Lipinski definition) is 0. The van der Waals surface area contributed by atoms with Gasteiger partial charge in [-0.05, 0) is 23.6 Å². The summed E-state index contributed by atoms with van der Waals surface area (Å²) >= 11 is 0. The van der Waals surface area contributed by atoms with Crippen LogP contribution in [0, 0.1) is 5.92 Å². The quantitative estimate of drug-likeness (QED) is 0.613. The molecule has 0 aliphatic rings. The molecular weight excluding hydrogens is 230 g/mol. The Morgan fingerprint density at radius 2 is 2.22 bits per heavy atom. The number of aromatic nitrogens is 1. The van der Waals surface area contributed by atoms with Crippen molar-refractivity contribution in [3.05, 3.63) is 36.0 Å². The molecule has 1 heterocycles. The molecule has 4 heteroatoms. The van der Waals surface area contributed by atoms with Crippen LogP contribution in [-0.4, -0.2) is 23.9 Å². The second kappa shape index (κ2) is 5.04. The van der Waals surface area contributed by atoms with Gasteiger partial charge in [0.25, 0.3) is 0 Å². The van der Waals surface area contributed by atoms with Crippen LogP contribution in [0.15, 0.2) is 30.5 Å². The number of fused-ring (bicyclic) bond motifs is 1. The third-order valence-corrected chi connectivity index (χ3v) is 2.91. The number of hydrogen-bond acceptors (Lipinski definition) is 3. The second-order valence-corrected chi connectivity index (χ2v) is 4.35. The number of nitrogens with zero attached hydrogens (tertiary/aromatic N) is 1. The molecule has 2 rings (SSSR count). The van der Waals surface area contributed by atoms with E-state index in [1.165, 1.54) is 7.11 Å². The fraction of sp³-hybridized carbons (Fsp3) is 0.286. The van der Waals surface area contributed by atoms with Crippen molar-refractivity contribution in [3.63, 3.8) is 0 Å². The van der Waals surface area contributed by atoms with Gasteiger partial charge in [-0.15, -0.1) is 0 Å². The molecule has 2 aromatic rings. The van der Waals surface area contributed by atoms with Gasteiger partial charge in [-0.3, -0.25) is 0 Å². The Bertz CT molecular complexity index is 586. The maximum Gasteiger partial charge on any atom is 0.337 e. The van der Waals surface area contributed by atoms with Gasteiger partial charge in [-0.1, -0.05) is 13.0 Å². The highest BCUT2D eigenvalue weighted by molar-refractivity contribution is 5.94. The van der Waals surface area contributed by atoms with Gasteiger partial charge in [0.2, 0.25) is 0 Å². The van der Waals surface area contributed by atoms with Crippen molar-refractivity contribution in [2.75, 3.05) is 7.11 Å². The molecule has 94 valence electrons. The van der Waals surface area contributed by atoms with E-state index in [1.54, 1.807) is 12.1 Å². The highest BCUT2D eigenvalue weighted by Gasteiger charge is 2.09. The summed E-state index contributed by atoms with van der Waals surface area (Å²) in [6.45, 7) is 2.47. The number of aldehydes is 1. The normalized spacial score (nSPS) is 12.3. The third-order valence-electron chi connectivity index (χ3n) is 2.91. The third kappa shape index (κ3) is 2.27. The molecule has 0 aliphatic carbocycles. The zero-order chi connectivity index (χ0) is 13.1. The van der Waals surface area contributed by atoms with E-state index in [1.807, 2.05) is 29.8 Å². The van der Waals surface area contributed by atoms with Crippen molar-refractivity contribution < 1.29 is 14.3 Å².